The summed E-state index contributed by atoms with van der Waals surface area (Å²) in [5, 5.41) is 1.68. The number of rotatable bonds is 3. The van der Waals surface area contributed by atoms with Gasteiger partial charge in [0.05, 0.1) is 5.39 Å². The van der Waals surface area contributed by atoms with Gasteiger partial charge in [-0.15, -0.1) is 11.3 Å². The van der Waals surface area contributed by atoms with Crippen LogP contribution in [-0.4, -0.2) is 23.2 Å². The standard InChI is InChI=1S/C13H15ClN2OS/c1-2-17-6-8-3-4-9-10(5-8)18-13-11(9)12(14)15-7-16-13/h7-8H,2-6H2,1H3. The number of hydrogen-bond donors (Lipinski definition) is 0. The molecule has 1 aliphatic rings. The summed E-state index contributed by atoms with van der Waals surface area (Å²) in [6.07, 6.45) is 4.88. The van der Waals surface area contributed by atoms with Crippen molar-refractivity contribution in [1.82, 2.24) is 9.97 Å². The zero-order valence-corrected chi connectivity index (χ0v) is 11.9. The van der Waals surface area contributed by atoms with E-state index in [-0.39, 0.29) is 0 Å². The monoisotopic (exact) mass is 282 g/mol. The second-order valence-electron chi connectivity index (χ2n) is 4.62. The van der Waals surface area contributed by atoms with E-state index in [1.165, 1.54) is 16.9 Å². The molecule has 1 atom stereocenters. The van der Waals surface area contributed by atoms with Crippen LogP contribution in [0.5, 0.6) is 0 Å². The smallest absolute Gasteiger partial charge is 0.141 e. The summed E-state index contributed by atoms with van der Waals surface area (Å²) in [7, 11) is 0. The summed E-state index contributed by atoms with van der Waals surface area (Å²) in [5.74, 6) is 0.636. The van der Waals surface area contributed by atoms with Gasteiger partial charge in [0, 0.05) is 18.1 Å². The first-order valence-electron chi connectivity index (χ1n) is 6.28. The molecule has 1 aliphatic carbocycles. The minimum Gasteiger partial charge on any atom is -0.381 e. The molecule has 3 rings (SSSR count). The molecule has 18 heavy (non-hydrogen) atoms. The lowest BCUT2D eigenvalue weighted by molar-refractivity contribution is 0.105. The summed E-state index contributed by atoms with van der Waals surface area (Å²) in [6.45, 7) is 3.71. The Bertz CT molecular complexity index is 569. The van der Waals surface area contributed by atoms with E-state index in [2.05, 4.69) is 9.97 Å². The average Bonchev–Trinajstić information content (AvgIpc) is 2.75. The van der Waals surface area contributed by atoms with Crippen LogP contribution < -0.4 is 0 Å². The molecule has 1 unspecified atom stereocenters. The van der Waals surface area contributed by atoms with Crippen LogP contribution in [0.3, 0.4) is 0 Å². The van der Waals surface area contributed by atoms with Crippen molar-refractivity contribution < 1.29 is 4.74 Å². The lowest BCUT2D eigenvalue weighted by Gasteiger charge is -2.21. The number of halogens is 1. The van der Waals surface area contributed by atoms with E-state index in [1.54, 1.807) is 17.7 Å². The molecule has 0 amide bonds. The predicted octanol–water partition coefficient (Wildman–Crippen LogP) is 3.49. The Hall–Kier alpha value is -0.710. The fraction of sp³-hybridized carbons (Fsp3) is 0.538. The quantitative estimate of drug-likeness (QED) is 0.809. The molecular weight excluding hydrogens is 268 g/mol. The van der Waals surface area contributed by atoms with Crippen molar-refractivity contribution in [2.75, 3.05) is 13.2 Å². The number of thiophene rings is 1. The average molecular weight is 283 g/mol. The maximum Gasteiger partial charge on any atom is 0.141 e. The fourth-order valence-corrected chi connectivity index (χ4v) is 4.17. The minimum absolute atomic E-state index is 0.598. The fourth-order valence-electron chi connectivity index (χ4n) is 2.57. The Balaban J connectivity index is 1.93. The van der Waals surface area contributed by atoms with Crippen LogP contribution in [0, 0.1) is 5.92 Å². The number of aromatic nitrogens is 2. The lowest BCUT2D eigenvalue weighted by Crippen LogP contribution is -2.17. The highest BCUT2D eigenvalue weighted by Gasteiger charge is 2.24. The predicted molar refractivity (Wildman–Crippen MR) is 74.4 cm³/mol. The van der Waals surface area contributed by atoms with E-state index in [9.17, 15) is 0 Å². The van der Waals surface area contributed by atoms with Crippen molar-refractivity contribution >= 4 is 33.2 Å². The van der Waals surface area contributed by atoms with Crippen LogP contribution in [0.4, 0.5) is 0 Å². The number of fused-ring (bicyclic) bond motifs is 3. The van der Waals surface area contributed by atoms with Gasteiger partial charge in [0.1, 0.15) is 16.3 Å². The zero-order valence-electron chi connectivity index (χ0n) is 10.3. The number of ether oxygens (including phenoxy) is 1. The zero-order chi connectivity index (χ0) is 12.5. The summed E-state index contributed by atoms with van der Waals surface area (Å²) in [6, 6.07) is 0. The van der Waals surface area contributed by atoms with Gasteiger partial charge in [-0.3, -0.25) is 0 Å². The number of nitrogens with zero attached hydrogens (tertiary/aromatic N) is 2. The summed E-state index contributed by atoms with van der Waals surface area (Å²) < 4.78 is 5.54. The van der Waals surface area contributed by atoms with Gasteiger partial charge in [0.25, 0.3) is 0 Å². The van der Waals surface area contributed by atoms with Gasteiger partial charge in [-0.25, -0.2) is 9.97 Å². The van der Waals surface area contributed by atoms with Crippen molar-refractivity contribution in [3.8, 4) is 0 Å². The molecule has 0 N–H and O–H groups in total. The largest absolute Gasteiger partial charge is 0.381 e. The third kappa shape index (κ3) is 2.13. The van der Waals surface area contributed by atoms with Crippen molar-refractivity contribution in [1.29, 1.82) is 0 Å². The molecule has 0 bridgehead atoms. The van der Waals surface area contributed by atoms with E-state index in [0.29, 0.717) is 11.1 Å². The molecule has 0 spiro atoms. The number of aryl methyl sites for hydroxylation is 1. The van der Waals surface area contributed by atoms with Crippen LogP contribution in [-0.2, 0) is 17.6 Å². The molecular formula is C13H15ClN2OS. The molecule has 2 aromatic rings. The van der Waals surface area contributed by atoms with E-state index >= 15 is 0 Å². The van der Waals surface area contributed by atoms with Crippen molar-refractivity contribution in [2.45, 2.75) is 26.2 Å². The van der Waals surface area contributed by atoms with E-state index in [0.717, 1.165) is 36.3 Å². The van der Waals surface area contributed by atoms with Crippen LogP contribution in [0.1, 0.15) is 23.8 Å². The van der Waals surface area contributed by atoms with Crippen LogP contribution in [0.25, 0.3) is 10.2 Å². The molecule has 3 nitrogen and oxygen atoms in total. The molecule has 0 aromatic carbocycles. The van der Waals surface area contributed by atoms with Gasteiger partial charge in [0.2, 0.25) is 0 Å². The Morgan fingerprint density at radius 1 is 1.50 bits per heavy atom. The van der Waals surface area contributed by atoms with Crippen LogP contribution in [0.15, 0.2) is 6.33 Å². The third-order valence-corrected chi connectivity index (χ3v) is 4.91. The van der Waals surface area contributed by atoms with Crippen molar-refractivity contribution in [2.24, 2.45) is 5.92 Å². The van der Waals surface area contributed by atoms with Gasteiger partial charge in [0.15, 0.2) is 0 Å². The highest BCUT2D eigenvalue weighted by Crippen LogP contribution is 2.39. The Morgan fingerprint density at radius 3 is 3.22 bits per heavy atom. The van der Waals surface area contributed by atoms with Gasteiger partial charge in [-0.2, -0.15) is 0 Å². The summed E-state index contributed by atoms with van der Waals surface area (Å²) in [4.78, 5) is 10.9. The van der Waals surface area contributed by atoms with Gasteiger partial charge in [-0.1, -0.05) is 11.6 Å². The summed E-state index contributed by atoms with van der Waals surface area (Å²) in [5.41, 5.74) is 1.37. The SMILES string of the molecule is CCOCC1CCc2c(sc3ncnc(Cl)c23)C1. The van der Waals surface area contributed by atoms with Gasteiger partial charge in [-0.05, 0) is 37.7 Å². The summed E-state index contributed by atoms with van der Waals surface area (Å²) >= 11 is 7.95. The van der Waals surface area contributed by atoms with Crippen molar-refractivity contribution in [3.05, 3.63) is 21.9 Å². The first kappa shape index (κ1) is 12.3. The van der Waals surface area contributed by atoms with E-state index in [4.69, 9.17) is 16.3 Å². The Kier molecular flexibility index (Phi) is 3.50. The molecule has 0 aliphatic heterocycles. The molecule has 5 heteroatoms. The molecule has 96 valence electrons. The molecule has 0 radical (unpaired) electrons. The van der Waals surface area contributed by atoms with Crippen LogP contribution >= 0.6 is 22.9 Å². The topological polar surface area (TPSA) is 35.0 Å². The first-order chi connectivity index (χ1) is 8.79. The molecule has 0 saturated heterocycles. The van der Waals surface area contributed by atoms with E-state index < -0.39 is 0 Å². The highest BCUT2D eigenvalue weighted by molar-refractivity contribution is 7.19. The molecule has 2 heterocycles. The number of hydrogen-bond acceptors (Lipinski definition) is 4. The van der Waals surface area contributed by atoms with E-state index in [1.807, 2.05) is 6.92 Å². The van der Waals surface area contributed by atoms with Crippen LogP contribution in [0.2, 0.25) is 5.15 Å². The normalized spacial score (nSPS) is 19.1. The highest BCUT2D eigenvalue weighted by atomic mass is 35.5. The molecule has 2 aromatic heterocycles. The maximum atomic E-state index is 6.19. The molecule has 0 saturated carbocycles. The maximum absolute atomic E-state index is 6.19. The van der Waals surface area contributed by atoms with Gasteiger partial charge >= 0.3 is 0 Å². The lowest BCUT2D eigenvalue weighted by atomic mass is 9.88. The minimum atomic E-state index is 0.598. The second kappa shape index (κ2) is 5.11. The Morgan fingerprint density at radius 2 is 2.39 bits per heavy atom. The van der Waals surface area contributed by atoms with Gasteiger partial charge < -0.3 is 4.74 Å². The van der Waals surface area contributed by atoms with Crippen molar-refractivity contribution in [3.63, 3.8) is 0 Å². The second-order valence-corrected chi connectivity index (χ2v) is 6.06. The Labute approximate surface area is 115 Å². The first-order valence-corrected chi connectivity index (χ1v) is 7.47. The third-order valence-electron chi connectivity index (χ3n) is 3.46. The molecule has 0 fully saturated rings.